The first-order chi connectivity index (χ1) is 15.1. The van der Waals surface area contributed by atoms with Gasteiger partial charge in [-0.05, 0) is 37.8 Å². The minimum absolute atomic E-state index is 0.0831. The second kappa shape index (κ2) is 9.45. The molecule has 3 aliphatic rings. The Morgan fingerprint density at radius 3 is 2.16 bits per heavy atom. The number of nitrogens with zero attached hydrogens (tertiary/aromatic N) is 2. The number of amides is 3. The molecule has 2 fully saturated rings. The maximum Gasteiger partial charge on any atom is 0.326 e. The Morgan fingerprint density at radius 1 is 0.935 bits per heavy atom. The van der Waals surface area contributed by atoms with Crippen LogP contribution < -0.4 is 4.90 Å². The van der Waals surface area contributed by atoms with Gasteiger partial charge in [-0.1, -0.05) is 49.6 Å². The summed E-state index contributed by atoms with van der Waals surface area (Å²) in [4.78, 5) is 53.1. The van der Waals surface area contributed by atoms with Crippen LogP contribution in [0.1, 0.15) is 44.9 Å². The number of hydrogen-bond donors (Lipinski definition) is 0. The largest absolute Gasteiger partial charge is 0.454 e. The Labute approximate surface area is 182 Å². The van der Waals surface area contributed by atoms with Crippen molar-refractivity contribution < 1.29 is 23.9 Å². The number of fused-ring (bicyclic) bond motifs is 1. The summed E-state index contributed by atoms with van der Waals surface area (Å²) in [6.07, 6.45) is 9.98. The smallest absolute Gasteiger partial charge is 0.326 e. The average molecular weight is 424 g/mol. The molecule has 2 aliphatic carbocycles. The molecule has 4 rings (SSSR count). The number of benzene rings is 1. The van der Waals surface area contributed by atoms with Crippen LogP contribution in [0.25, 0.3) is 0 Å². The van der Waals surface area contributed by atoms with E-state index in [-0.39, 0.29) is 35.6 Å². The molecule has 3 amide bonds. The molecule has 31 heavy (non-hydrogen) atoms. The minimum Gasteiger partial charge on any atom is -0.454 e. The lowest BCUT2D eigenvalue weighted by Gasteiger charge is -2.34. The van der Waals surface area contributed by atoms with Crippen molar-refractivity contribution in [2.75, 3.05) is 18.1 Å². The molecular weight excluding hydrogens is 396 g/mol. The van der Waals surface area contributed by atoms with Crippen LogP contribution in [-0.4, -0.2) is 47.8 Å². The highest BCUT2D eigenvalue weighted by Crippen LogP contribution is 2.35. The maximum absolute atomic E-state index is 13.0. The molecule has 1 heterocycles. The molecular formula is C24H28N2O5. The molecule has 0 unspecified atom stereocenters. The van der Waals surface area contributed by atoms with Crippen LogP contribution in [0, 0.1) is 11.8 Å². The lowest BCUT2D eigenvalue weighted by atomic mass is 9.85. The molecule has 2 atom stereocenters. The van der Waals surface area contributed by atoms with E-state index in [1.54, 1.807) is 4.90 Å². The van der Waals surface area contributed by atoms with Crippen LogP contribution in [0.5, 0.6) is 0 Å². The fourth-order valence-corrected chi connectivity index (χ4v) is 4.90. The van der Waals surface area contributed by atoms with Crippen LogP contribution in [0.15, 0.2) is 42.5 Å². The van der Waals surface area contributed by atoms with E-state index in [1.807, 2.05) is 42.5 Å². The van der Waals surface area contributed by atoms with Gasteiger partial charge in [-0.3, -0.25) is 24.1 Å². The summed E-state index contributed by atoms with van der Waals surface area (Å²) < 4.78 is 5.22. The fraction of sp³-hybridized carbons (Fsp3) is 0.500. The number of carbonyl (C=O) groups is 4. The van der Waals surface area contributed by atoms with E-state index < -0.39 is 19.1 Å². The fourth-order valence-electron chi connectivity index (χ4n) is 4.90. The number of rotatable bonds is 6. The van der Waals surface area contributed by atoms with E-state index in [4.69, 9.17) is 4.74 Å². The van der Waals surface area contributed by atoms with Gasteiger partial charge in [0.05, 0.1) is 11.8 Å². The van der Waals surface area contributed by atoms with Gasteiger partial charge in [0.25, 0.3) is 5.91 Å². The lowest BCUT2D eigenvalue weighted by molar-refractivity contribution is -0.154. The van der Waals surface area contributed by atoms with Crippen molar-refractivity contribution in [2.24, 2.45) is 11.8 Å². The predicted octanol–water partition coefficient (Wildman–Crippen LogP) is 2.85. The molecule has 0 aromatic heterocycles. The van der Waals surface area contributed by atoms with E-state index >= 15 is 0 Å². The van der Waals surface area contributed by atoms with Gasteiger partial charge in [-0.15, -0.1) is 0 Å². The first kappa shape index (κ1) is 21.3. The van der Waals surface area contributed by atoms with Gasteiger partial charge in [0.15, 0.2) is 6.61 Å². The van der Waals surface area contributed by atoms with Crippen LogP contribution in [0.4, 0.5) is 5.69 Å². The van der Waals surface area contributed by atoms with Crippen molar-refractivity contribution >= 4 is 29.4 Å². The topological polar surface area (TPSA) is 84.0 Å². The van der Waals surface area contributed by atoms with Gasteiger partial charge >= 0.3 is 5.97 Å². The Kier molecular flexibility index (Phi) is 6.49. The Hall–Kier alpha value is -2.96. The van der Waals surface area contributed by atoms with E-state index in [0.29, 0.717) is 12.8 Å². The molecule has 1 saturated carbocycles. The molecule has 0 bridgehead atoms. The summed E-state index contributed by atoms with van der Waals surface area (Å²) in [5.41, 5.74) is 0.789. The Balaban J connectivity index is 1.37. The summed E-state index contributed by atoms with van der Waals surface area (Å²) >= 11 is 0. The standard InChI is InChI=1S/C24H28N2O5/c27-21(26(17-9-3-1-4-10-17)18-11-5-2-6-12-18)16-31-22(28)15-25-23(29)19-13-7-8-14-20(19)24(25)30/h1,3-4,7-10,18-20H,2,5-6,11-16H2/t19-,20-/m1/s1. The molecule has 0 radical (unpaired) electrons. The summed E-state index contributed by atoms with van der Waals surface area (Å²) in [6.45, 7) is -0.846. The molecule has 7 nitrogen and oxygen atoms in total. The Bertz CT molecular complexity index is 849. The van der Waals surface area contributed by atoms with Crippen LogP contribution in [-0.2, 0) is 23.9 Å². The van der Waals surface area contributed by atoms with Gasteiger partial charge in [0.1, 0.15) is 6.54 Å². The Morgan fingerprint density at radius 2 is 1.55 bits per heavy atom. The zero-order valence-electron chi connectivity index (χ0n) is 17.6. The molecule has 1 saturated heterocycles. The third kappa shape index (κ3) is 4.55. The zero-order valence-corrected chi connectivity index (χ0v) is 17.6. The number of ether oxygens (including phenoxy) is 1. The van der Waals surface area contributed by atoms with E-state index in [2.05, 4.69) is 0 Å². The average Bonchev–Trinajstić information content (AvgIpc) is 3.04. The van der Waals surface area contributed by atoms with Gasteiger partial charge in [0.2, 0.25) is 11.8 Å². The second-order valence-corrected chi connectivity index (χ2v) is 8.47. The van der Waals surface area contributed by atoms with Crippen LogP contribution in [0.2, 0.25) is 0 Å². The molecule has 7 heteroatoms. The second-order valence-electron chi connectivity index (χ2n) is 8.47. The number of allylic oxidation sites excluding steroid dienone is 2. The zero-order chi connectivity index (χ0) is 21.8. The van der Waals surface area contributed by atoms with E-state index in [9.17, 15) is 19.2 Å². The van der Waals surface area contributed by atoms with Crippen molar-refractivity contribution in [3.8, 4) is 0 Å². The first-order valence-electron chi connectivity index (χ1n) is 11.1. The summed E-state index contributed by atoms with van der Waals surface area (Å²) in [6, 6.07) is 9.49. The van der Waals surface area contributed by atoms with Gasteiger partial charge in [-0.2, -0.15) is 0 Å². The van der Waals surface area contributed by atoms with Crippen LogP contribution >= 0.6 is 0 Å². The third-order valence-electron chi connectivity index (χ3n) is 6.49. The number of carbonyl (C=O) groups excluding carboxylic acids is 4. The molecule has 1 aromatic rings. The number of esters is 1. The number of hydrogen-bond acceptors (Lipinski definition) is 5. The maximum atomic E-state index is 13.0. The number of anilines is 1. The molecule has 0 N–H and O–H groups in total. The normalized spacial score (nSPS) is 23.5. The van der Waals surface area contributed by atoms with E-state index in [1.165, 1.54) is 0 Å². The summed E-state index contributed by atoms with van der Waals surface area (Å²) in [7, 11) is 0. The quantitative estimate of drug-likeness (QED) is 0.398. The SMILES string of the molecule is O=C(CN1C(=O)[C@@H]2CC=CC[C@H]2C1=O)OCC(=O)N(c1ccccc1)C1CCCCC1. The highest BCUT2D eigenvalue weighted by molar-refractivity contribution is 6.07. The number of imide groups is 1. The highest BCUT2D eigenvalue weighted by atomic mass is 16.5. The molecule has 164 valence electrons. The third-order valence-corrected chi connectivity index (χ3v) is 6.49. The van der Waals surface area contributed by atoms with Crippen molar-refractivity contribution in [1.82, 2.24) is 4.90 Å². The van der Waals surface area contributed by atoms with Gasteiger partial charge < -0.3 is 9.64 Å². The highest BCUT2D eigenvalue weighted by Gasteiger charge is 2.47. The molecule has 1 aliphatic heterocycles. The van der Waals surface area contributed by atoms with Crippen LogP contribution in [0.3, 0.4) is 0 Å². The summed E-state index contributed by atoms with van der Waals surface area (Å²) in [5, 5.41) is 0. The monoisotopic (exact) mass is 424 g/mol. The summed E-state index contributed by atoms with van der Waals surface area (Å²) in [5.74, 6) is -2.44. The lowest BCUT2D eigenvalue weighted by Crippen LogP contribution is -2.44. The number of para-hydroxylation sites is 1. The van der Waals surface area contributed by atoms with Crippen molar-refractivity contribution in [2.45, 2.75) is 51.0 Å². The molecule has 1 aromatic carbocycles. The minimum atomic E-state index is -0.738. The van der Waals surface area contributed by atoms with Gasteiger partial charge in [0, 0.05) is 11.7 Å². The number of likely N-dealkylation sites (tertiary alicyclic amines) is 1. The van der Waals surface area contributed by atoms with Gasteiger partial charge in [-0.25, -0.2) is 0 Å². The predicted molar refractivity (Wildman–Crippen MR) is 114 cm³/mol. The first-order valence-corrected chi connectivity index (χ1v) is 11.1. The van der Waals surface area contributed by atoms with Crippen molar-refractivity contribution in [3.05, 3.63) is 42.5 Å². The van der Waals surface area contributed by atoms with E-state index in [0.717, 1.165) is 42.7 Å². The van der Waals surface area contributed by atoms with Crippen molar-refractivity contribution in [1.29, 1.82) is 0 Å². The molecule has 0 spiro atoms. The van der Waals surface area contributed by atoms with Crippen molar-refractivity contribution in [3.63, 3.8) is 0 Å².